The SMILES string of the molecule is CC(C)=CC(=O)C[C@]1([C@H]2CC[C@@]3(C)[C@H]2CC[C@@H]2[C@@]4(C)CCC(=O)C(C)(C)C4CC[C@]23C)CO1. The fourth-order valence-electron chi connectivity index (χ4n) is 10.4. The van der Waals surface area contributed by atoms with Crippen LogP contribution in [0.15, 0.2) is 11.6 Å². The molecule has 0 aromatic carbocycles. The second-order valence-corrected chi connectivity index (χ2v) is 14.2. The van der Waals surface area contributed by atoms with E-state index < -0.39 is 0 Å². The van der Waals surface area contributed by atoms with E-state index in [9.17, 15) is 9.59 Å². The summed E-state index contributed by atoms with van der Waals surface area (Å²) in [7, 11) is 0. The zero-order valence-corrected chi connectivity index (χ0v) is 22.2. The largest absolute Gasteiger partial charge is 0.369 e. The van der Waals surface area contributed by atoms with Crippen molar-refractivity contribution in [1.29, 1.82) is 0 Å². The van der Waals surface area contributed by atoms with Gasteiger partial charge in [-0.3, -0.25) is 9.59 Å². The van der Waals surface area contributed by atoms with Crippen molar-refractivity contribution in [3.8, 4) is 0 Å². The summed E-state index contributed by atoms with van der Waals surface area (Å²) >= 11 is 0. The first-order valence-corrected chi connectivity index (χ1v) is 13.7. The van der Waals surface area contributed by atoms with Crippen LogP contribution in [0.1, 0.15) is 106 Å². The Morgan fingerprint density at radius 1 is 0.909 bits per heavy atom. The summed E-state index contributed by atoms with van der Waals surface area (Å²) in [5, 5.41) is 0. The Morgan fingerprint density at radius 3 is 2.21 bits per heavy atom. The number of allylic oxidation sites excluding steroid dienone is 2. The van der Waals surface area contributed by atoms with Crippen LogP contribution < -0.4 is 0 Å². The van der Waals surface area contributed by atoms with Gasteiger partial charge in [0, 0.05) is 18.3 Å². The molecule has 1 aliphatic heterocycles. The lowest BCUT2D eigenvalue weighted by Crippen LogP contribution is -2.63. The molecule has 1 heterocycles. The quantitative estimate of drug-likeness (QED) is 0.341. The van der Waals surface area contributed by atoms with Gasteiger partial charge < -0.3 is 4.74 Å². The van der Waals surface area contributed by atoms with Crippen molar-refractivity contribution >= 4 is 11.6 Å². The fraction of sp³-hybridized carbons (Fsp3) is 0.867. The second-order valence-electron chi connectivity index (χ2n) is 14.2. The summed E-state index contributed by atoms with van der Waals surface area (Å²) in [6.07, 6.45) is 11.7. The Morgan fingerprint density at radius 2 is 1.58 bits per heavy atom. The average Bonchev–Trinajstić information content (AvgIpc) is 3.38. The van der Waals surface area contributed by atoms with Crippen LogP contribution in [-0.4, -0.2) is 23.8 Å². The van der Waals surface area contributed by atoms with E-state index in [-0.39, 0.29) is 22.2 Å². The van der Waals surface area contributed by atoms with Crippen molar-refractivity contribution in [2.45, 2.75) is 112 Å². The Labute approximate surface area is 201 Å². The van der Waals surface area contributed by atoms with Crippen molar-refractivity contribution in [3.63, 3.8) is 0 Å². The molecule has 4 saturated carbocycles. The van der Waals surface area contributed by atoms with Crippen LogP contribution in [-0.2, 0) is 14.3 Å². The lowest BCUT2D eigenvalue weighted by atomic mass is 9.35. The minimum Gasteiger partial charge on any atom is -0.369 e. The Bertz CT molecular complexity index is 890. The van der Waals surface area contributed by atoms with E-state index in [1.54, 1.807) is 0 Å². The van der Waals surface area contributed by atoms with Gasteiger partial charge in [-0.05, 0) is 105 Å². The van der Waals surface area contributed by atoms with Crippen LogP contribution in [0.25, 0.3) is 0 Å². The number of ether oxygens (including phenoxy) is 1. The molecule has 0 radical (unpaired) electrons. The number of carbonyl (C=O) groups excluding carboxylic acids is 2. The van der Waals surface area contributed by atoms with E-state index in [1.165, 1.54) is 38.5 Å². The zero-order chi connectivity index (χ0) is 24.0. The summed E-state index contributed by atoms with van der Waals surface area (Å²) in [6, 6.07) is 0. The number of fused-ring (bicyclic) bond motifs is 5. The van der Waals surface area contributed by atoms with Gasteiger partial charge in [-0.1, -0.05) is 40.2 Å². The highest BCUT2D eigenvalue weighted by Crippen LogP contribution is 2.76. The summed E-state index contributed by atoms with van der Waals surface area (Å²) in [4.78, 5) is 25.6. The Kier molecular flexibility index (Phi) is 5.24. The van der Waals surface area contributed by atoms with Crippen LogP contribution in [0.3, 0.4) is 0 Å². The molecule has 8 atom stereocenters. The van der Waals surface area contributed by atoms with E-state index in [2.05, 4.69) is 34.6 Å². The second kappa shape index (κ2) is 7.28. The van der Waals surface area contributed by atoms with Gasteiger partial charge in [-0.15, -0.1) is 0 Å². The molecule has 0 spiro atoms. The van der Waals surface area contributed by atoms with E-state index in [0.29, 0.717) is 46.7 Å². The molecule has 3 nitrogen and oxygen atoms in total. The van der Waals surface area contributed by atoms with Gasteiger partial charge in [0.1, 0.15) is 11.4 Å². The summed E-state index contributed by atoms with van der Waals surface area (Å²) in [5.41, 5.74) is 1.59. The molecule has 184 valence electrons. The number of rotatable bonds is 4. The molecule has 3 heteroatoms. The number of Topliss-reactive ketones (excluding diaryl/α,β-unsaturated/α-hetero) is 1. The Balaban J connectivity index is 1.43. The molecular formula is C30H46O3. The lowest BCUT2D eigenvalue weighted by molar-refractivity contribution is -0.203. The maximum atomic E-state index is 12.9. The molecule has 1 saturated heterocycles. The number of epoxide rings is 1. The van der Waals surface area contributed by atoms with E-state index in [4.69, 9.17) is 4.74 Å². The predicted octanol–water partition coefficient (Wildman–Crippen LogP) is 6.94. The number of ketones is 2. The predicted molar refractivity (Wildman–Crippen MR) is 132 cm³/mol. The van der Waals surface area contributed by atoms with Gasteiger partial charge in [0.15, 0.2) is 5.78 Å². The molecule has 5 fully saturated rings. The third-order valence-electron chi connectivity index (χ3n) is 12.3. The molecule has 5 aliphatic rings. The molecule has 0 bridgehead atoms. The van der Waals surface area contributed by atoms with E-state index in [0.717, 1.165) is 25.0 Å². The molecule has 5 rings (SSSR count). The van der Waals surface area contributed by atoms with Crippen LogP contribution in [0.4, 0.5) is 0 Å². The van der Waals surface area contributed by atoms with Crippen LogP contribution in [0.2, 0.25) is 0 Å². The number of carbonyl (C=O) groups is 2. The minimum atomic E-state index is -0.199. The normalized spacial score (nSPS) is 50.1. The van der Waals surface area contributed by atoms with Gasteiger partial charge in [0.05, 0.1) is 6.61 Å². The Hall–Kier alpha value is -0.960. The molecule has 0 aromatic heterocycles. The van der Waals surface area contributed by atoms with Gasteiger partial charge >= 0.3 is 0 Å². The van der Waals surface area contributed by atoms with Gasteiger partial charge in [0.25, 0.3) is 0 Å². The van der Waals surface area contributed by atoms with Gasteiger partial charge in [-0.2, -0.15) is 0 Å². The van der Waals surface area contributed by atoms with Crippen LogP contribution >= 0.6 is 0 Å². The first-order valence-electron chi connectivity index (χ1n) is 13.7. The van der Waals surface area contributed by atoms with Crippen LogP contribution in [0, 0.1) is 45.3 Å². The molecule has 33 heavy (non-hydrogen) atoms. The van der Waals surface area contributed by atoms with Crippen molar-refractivity contribution in [2.75, 3.05) is 6.61 Å². The van der Waals surface area contributed by atoms with Gasteiger partial charge in [-0.25, -0.2) is 0 Å². The topological polar surface area (TPSA) is 46.7 Å². The smallest absolute Gasteiger partial charge is 0.158 e. The summed E-state index contributed by atoms with van der Waals surface area (Å²) in [5.74, 6) is 3.11. The molecule has 0 aromatic rings. The van der Waals surface area contributed by atoms with E-state index in [1.807, 2.05) is 19.9 Å². The maximum Gasteiger partial charge on any atom is 0.158 e. The highest BCUT2D eigenvalue weighted by atomic mass is 16.6. The monoisotopic (exact) mass is 454 g/mol. The number of hydrogen-bond acceptors (Lipinski definition) is 3. The average molecular weight is 455 g/mol. The molecule has 1 unspecified atom stereocenters. The van der Waals surface area contributed by atoms with E-state index >= 15 is 0 Å². The van der Waals surface area contributed by atoms with Crippen molar-refractivity contribution in [1.82, 2.24) is 0 Å². The molecule has 4 aliphatic carbocycles. The van der Waals surface area contributed by atoms with Crippen LogP contribution in [0.5, 0.6) is 0 Å². The van der Waals surface area contributed by atoms with Gasteiger partial charge in [0.2, 0.25) is 0 Å². The van der Waals surface area contributed by atoms with Crippen molar-refractivity contribution in [3.05, 3.63) is 11.6 Å². The number of hydrogen-bond donors (Lipinski definition) is 0. The fourth-order valence-corrected chi connectivity index (χ4v) is 10.4. The highest BCUT2D eigenvalue weighted by Gasteiger charge is 2.71. The van der Waals surface area contributed by atoms with Crippen molar-refractivity contribution in [2.24, 2.45) is 45.3 Å². The molecular weight excluding hydrogens is 408 g/mol. The first-order chi connectivity index (χ1) is 15.3. The molecule has 0 amide bonds. The minimum absolute atomic E-state index is 0.179. The summed E-state index contributed by atoms with van der Waals surface area (Å²) in [6.45, 7) is 17.0. The first kappa shape index (κ1) is 23.8. The highest BCUT2D eigenvalue weighted by molar-refractivity contribution is 5.91. The third-order valence-corrected chi connectivity index (χ3v) is 12.3. The zero-order valence-electron chi connectivity index (χ0n) is 22.2. The molecule has 0 N–H and O–H groups in total. The van der Waals surface area contributed by atoms with Crippen molar-refractivity contribution < 1.29 is 14.3 Å². The lowest BCUT2D eigenvalue weighted by Gasteiger charge is -2.69. The summed E-state index contributed by atoms with van der Waals surface area (Å²) < 4.78 is 6.15. The standard InChI is InChI=1S/C30H46O3/c1-19(2)16-20(31)17-30(18-33-30)22-10-14-28(6)21(22)8-9-24-27(5)13-12-25(32)26(3,4)23(27)11-15-29(24,28)7/h16,21-24H,8-15,17-18H2,1-7H3/t21-,22-,23?,24+,27-,28-,29+,30+/m0/s1. The third kappa shape index (κ3) is 3.16. The maximum absolute atomic E-state index is 12.9.